The van der Waals surface area contributed by atoms with Gasteiger partial charge in [0.15, 0.2) is 10.6 Å². The summed E-state index contributed by atoms with van der Waals surface area (Å²) in [5, 5.41) is 10.5. The average molecular weight is 405 g/mol. The number of aryl methyl sites for hydroxylation is 1. The van der Waals surface area contributed by atoms with Crippen LogP contribution in [0.25, 0.3) is 16.6 Å². The molecule has 0 fully saturated rings. The summed E-state index contributed by atoms with van der Waals surface area (Å²) in [4.78, 5) is 15.9. The van der Waals surface area contributed by atoms with Gasteiger partial charge in [0.1, 0.15) is 5.82 Å². The highest BCUT2D eigenvalue weighted by atomic mass is 32.2. The molecule has 0 aliphatic rings. The summed E-state index contributed by atoms with van der Waals surface area (Å²) in [6.07, 6.45) is 0.856. The molecule has 2 heterocycles. The van der Waals surface area contributed by atoms with Crippen molar-refractivity contribution >= 4 is 22.7 Å². The Morgan fingerprint density at radius 2 is 1.86 bits per heavy atom. The molecule has 0 saturated carbocycles. The Hall–Kier alpha value is -2.86. The van der Waals surface area contributed by atoms with E-state index in [0.717, 1.165) is 45.2 Å². The third-order valence-electron chi connectivity index (χ3n) is 4.79. The molecular weight excluding hydrogens is 380 g/mol. The molecule has 29 heavy (non-hydrogen) atoms. The maximum atomic E-state index is 12.5. The number of thioether (sulfide) groups is 1. The minimum absolute atomic E-state index is 0.0445. The largest absolute Gasteiger partial charge is 0.357 e. The molecule has 4 rings (SSSR count). The van der Waals surface area contributed by atoms with E-state index in [1.165, 1.54) is 0 Å². The summed E-state index contributed by atoms with van der Waals surface area (Å²) >= 11 is 1.59. The van der Waals surface area contributed by atoms with Gasteiger partial charge in [-0.3, -0.25) is 9.36 Å². The minimum Gasteiger partial charge on any atom is -0.357 e. The van der Waals surface area contributed by atoms with Crippen molar-refractivity contribution in [3.8, 4) is 5.69 Å². The van der Waals surface area contributed by atoms with Gasteiger partial charge in [-0.1, -0.05) is 55.9 Å². The normalized spacial score (nSPS) is 11.4. The van der Waals surface area contributed by atoms with Crippen molar-refractivity contribution in [3.05, 3.63) is 81.9 Å². The molecule has 0 aliphatic heterocycles. The number of hydrogen-bond donors (Lipinski definition) is 1. The number of aromatic nitrogens is 4. The Labute approximate surface area is 174 Å². The predicted octanol–water partition coefficient (Wildman–Crippen LogP) is 4.91. The van der Waals surface area contributed by atoms with Crippen LogP contribution in [0.4, 0.5) is 0 Å². The molecule has 5 nitrogen and oxygen atoms in total. The van der Waals surface area contributed by atoms with Crippen LogP contribution in [-0.4, -0.2) is 19.7 Å². The maximum absolute atomic E-state index is 12.5. The fraction of sp³-hybridized carbons (Fsp3) is 0.261. The molecule has 0 spiro atoms. The second kappa shape index (κ2) is 8.25. The molecule has 2 aromatic carbocycles. The highest BCUT2D eigenvalue weighted by Gasteiger charge is 2.16. The standard InChI is InChI=1S/C23H24N4OS/c1-15(2)12-21-25-26-23(27(21)18-9-5-4-6-10-18)29-14-17-13-20(28)19-11-7-8-16(3)22(19)24-17/h4-11,13,15H,12,14H2,1-3H3,(H,24,28). The van der Waals surface area contributed by atoms with E-state index in [4.69, 9.17) is 0 Å². The van der Waals surface area contributed by atoms with Gasteiger partial charge in [-0.15, -0.1) is 10.2 Å². The second-order valence-electron chi connectivity index (χ2n) is 7.61. The topological polar surface area (TPSA) is 63.6 Å². The van der Waals surface area contributed by atoms with E-state index in [-0.39, 0.29) is 5.43 Å². The summed E-state index contributed by atoms with van der Waals surface area (Å²) in [7, 11) is 0. The Bertz CT molecular complexity index is 1190. The van der Waals surface area contributed by atoms with Gasteiger partial charge in [-0.2, -0.15) is 0 Å². The van der Waals surface area contributed by atoms with Crippen LogP contribution in [0.3, 0.4) is 0 Å². The van der Waals surface area contributed by atoms with E-state index in [1.54, 1.807) is 17.8 Å². The van der Waals surface area contributed by atoms with Gasteiger partial charge in [-0.25, -0.2) is 0 Å². The van der Waals surface area contributed by atoms with Crippen molar-refractivity contribution in [1.82, 2.24) is 19.7 Å². The molecule has 4 aromatic rings. The minimum atomic E-state index is 0.0445. The lowest BCUT2D eigenvalue weighted by Gasteiger charge is -2.11. The van der Waals surface area contributed by atoms with Crippen molar-refractivity contribution in [2.75, 3.05) is 0 Å². The number of nitrogens with zero attached hydrogens (tertiary/aromatic N) is 3. The Balaban J connectivity index is 1.67. The van der Waals surface area contributed by atoms with Crippen LogP contribution in [0.5, 0.6) is 0 Å². The average Bonchev–Trinajstić information content (AvgIpc) is 3.09. The van der Waals surface area contributed by atoms with Crippen LogP contribution in [0.15, 0.2) is 64.5 Å². The zero-order valence-electron chi connectivity index (χ0n) is 16.8. The third-order valence-corrected chi connectivity index (χ3v) is 5.77. The lowest BCUT2D eigenvalue weighted by atomic mass is 10.1. The van der Waals surface area contributed by atoms with Crippen LogP contribution >= 0.6 is 11.8 Å². The number of fused-ring (bicyclic) bond motifs is 1. The van der Waals surface area contributed by atoms with E-state index in [0.29, 0.717) is 11.7 Å². The summed E-state index contributed by atoms with van der Waals surface area (Å²) in [5.41, 5.74) is 3.95. The molecule has 0 amide bonds. The zero-order chi connectivity index (χ0) is 20.4. The summed E-state index contributed by atoms with van der Waals surface area (Å²) in [6.45, 7) is 6.37. The van der Waals surface area contributed by atoms with Crippen molar-refractivity contribution in [3.63, 3.8) is 0 Å². The van der Waals surface area contributed by atoms with E-state index >= 15 is 0 Å². The first-order chi connectivity index (χ1) is 14.0. The monoisotopic (exact) mass is 404 g/mol. The molecule has 0 aliphatic carbocycles. The molecule has 0 unspecified atom stereocenters. The van der Waals surface area contributed by atoms with Gasteiger partial charge in [0, 0.05) is 35.0 Å². The molecule has 0 atom stereocenters. The number of pyridine rings is 1. The van der Waals surface area contributed by atoms with E-state index in [1.807, 2.05) is 43.3 Å². The van der Waals surface area contributed by atoms with Crippen LogP contribution < -0.4 is 5.43 Å². The molecule has 2 aromatic heterocycles. The Morgan fingerprint density at radius 1 is 1.07 bits per heavy atom. The van der Waals surface area contributed by atoms with Crippen molar-refractivity contribution in [1.29, 1.82) is 0 Å². The number of aromatic amines is 1. The number of hydrogen-bond acceptors (Lipinski definition) is 4. The van der Waals surface area contributed by atoms with E-state index in [9.17, 15) is 4.79 Å². The smallest absolute Gasteiger partial charge is 0.196 e. The molecule has 0 bridgehead atoms. The van der Waals surface area contributed by atoms with E-state index in [2.05, 4.69) is 45.7 Å². The zero-order valence-corrected chi connectivity index (χ0v) is 17.7. The molecule has 148 valence electrons. The number of benzene rings is 2. The lowest BCUT2D eigenvalue weighted by molar-refractivity contribution is 0.608. The summed E-state index contributed by atoms with van der Waals surface area (Å²) < 4.78 is 2.12. The van der Waals surface area contributed by atoms with Crippen molar-refractivity contribution < 1.29 is 0 Å². The van der Waals surface area contributed by atoms with Gasteiger partial charge in [-0.05, 0) is 36.6 Å². The first-order valence-corrected chi connectivity index (χ1v) is 10.8. The lowest BCUT2D eigenvalue weighted by Crippen LogP contribution is -2.07. The number of H-pyrrole nitrogens is 1. The fourth-order valence-corrected chi connectivity index (χ4v) is 4.30. The fourth-order valence-electron chi connectivity index (χ4n) is 3.42. The first-order valence-electron chi connectivity index (χ1n) is 9.77. The van der Waals surface area contributed by atoms with Gasteiger partial charge >= 0.3 is 0 Å². The van der Waals surface area contributed by atoms with Gasteiger partial charge < -0.3 is 4.98 Å². The van der Waals surface area contributed by atoms with Gasteiger partial charge in [0.05, 0.1) is 5.52 Å². The number of rotatable bonds is 6. The van der Waals surface area contributed by atoms with Crippen LogP contribution in [-0.2, 0) is 12.2 Å². The maximum Gasteiger partial charge on any atom is 0.196 e. The molecule has 6 heteroatoms. The number of para-hydroxylation sites is 2. The Morgan fingerprint density at radius 3 is 2.62 bits per heavy atom. The quantitative estimate of drug-likeness (QED) is 0.464. The SMILES string of the molecule is Cc1cccc2c(=O)cc(CSc3nnc(CC(C)C)n3-c3ccccc3)[nH]c12. The summed E-state index contributed by atoms with van der Waals surface area (Å²) in [6, 6.07) is 17.7. The third kappa shape index (κ3) is 4.12. The number of nitrogens with one attached hydrogen (secondary N) is 1. The van der Waals surface area contributed by atoms with E-state index < -0.39 is 0 Å². The van der Waals surface area contributed by atoms with Crippen molar-refractivity contribution in [2.45, 2.75) is 38.1 Å². The highest BCUT2D eigenvalue weighted by Crippen LogP contribution is 2.26. The summed E-state index contributed by atoms with van der Waals surface area (Å²) in [5.74, 6) is 2.06. The van der Waals surface area contributed by atoms with Crippen LogP contribution in [0, 0.1) is 12.8 Å². The molecule has 0 radical (unpaired) electrons. The van der Waals surface area contributed by atoms with Crippen LogP contribution in [0.2, 0.25) is 0 Å². The van der Waals surface area contributed by atoms with Gasteiger partial charge in [0.25, 0.3) is 0 Å². The van der Waals surface area contributed by atoms with Gasteiger partial charge in [0.2, 0.25) is 0 Å². The molecular formula is C23H24N4OS. The second-order valence-corrected chi connectivity index (χ2v) is 8.56. The predicted molar refractivity (Wildman–Crippen MR) is 119 cm³/mol. The highest BCUT2D eigenvalue weighted by molar-refractivity contribution is 7.98. The van der Waals surface area contributed by atoms with Crippen LogP contribution in [0.1, 0.15) is 30.9 Å². The Kier molecular flexibility index (Phi) is 5.53. The molecule has 1 N–H and O–H groups in total. The van der Waals surface area contributed by atoms with Crippen molar-refractivity contribution in [2.24, 2.45) is 5.92 Å². The molecule has 0 saturated heterocycles. The first kappa shape index (κ1) is 19.5.